The van der Waals surface area contributed by atoms with Crippen LogP contribution in [0.4, 0.5) is 4.39 Å². The molecule has 0 aliphatic heterocycles. The Labute approximate surface area is 162 Å². The zero-order chi connectivity index (χ0) is 19.1. The van der Waals surface area contributed by atoms with E-state index in [9.17, 15) is 4.39 Å². The van der Waals surface area contributed by atoms with Crippen LogP contribution in [-0.4, -0.2) is 15.4 Å². The zero-order valence-corrected chi connectivity index (χ0v) is 16.7. The van der Waals surface area contributed by atoms with Crippen molar-refractivity contribution in [1.82, 2.24) is 4.98 Å². The van der Waals surface area contributed by atoms with Crippen LogP contribution in [0.5, 0.6) is 0 Å². The highest BCUT2D eigenvalue weighted by Crippen LogP contribution is 2.39. The number of pyridine rings is 1. The number of hydrogen-bond donors (Lipinski definition) is 1. The number of rotatable bonds is 3. The summed E-state index contributed by atoms with van der Waals surface area (Å²) in [5.74, 6) is -0.355. The molecule has 1 heterocycles. The largest absolute Gasteiger partial charge is 0.300 e. The van der Waals surface area contributed by atoms with Gasteiger partial charge in [0.05, 0.1) is 5.71 Å². The summed E-state index contributed by atoms with van der Waals surface area (Å²) in [6.07, 6.45) is 1.56. The smallest absolute Gasteiger partial charge is 0.149 e. The molecule has 0 radical (unpaired) electrons. The molecule has 1 aromatic heterocycles. The minimum atomic E-state index is -0.355. The normalized spacial score (nSPS) is 11.8. The Morgan fingerprint density at radius 1 is 1.19 bits per heavy atom. The standard InChI is InChI=1S/C21H20ClFN2S/c1-12-16(22)9-8-15(20(12)26-21(2,3)4)18(24)14-10-13-6-5-7-17(23)19(13)25-11-14/h5-11,24H,1-4H3. The van der Waals surface area contributed by atoms with Gasteiger partial charge in [0, 0.05) is 37.4 Å². The van der Waals surface area contributed by atoms with E-state index < -0.39 is 0 Å². The monoisotopic (exact) mass is 386 g/mol. The fraction of sp³-hybridized carbons (Fsp3) is 0.238. The molecular formula is C21H20ClFN2S. The number of aromatic nitrogens is 1. The molecule has 0 bridgehead atoms. The number of nitrogens with zero attached hydrogens (tertiary/aromatic N) is 1. The predicted octanol–water partition coefficient (Wildman–Crippen LogP) is 6.64. The van der Waals surface area contributed by atoms with Crippen LogP contribution in [0.25, 0.3) is 10.9 Å². The second-order valence-corrected chi connectivity index (χ2v) is 9.42. The summed E-state index contributed by atoms with van der Waals surface area (Å²) < 4.78 is 13.8. The van der Waals surface area contributed by atoms with Crippen molar-refractivity contribution in [3.8, 4) is 0 Å². The summed E-state index contributed by atoms with van der Waals surface area (Å²) in [6, 6.07) is 10.4. The molecule has 0 unspecified atom stereocenters. The SMILES string of the molecule is Cc1c(Cl)ccc(C(=N)c2cnc3c(F)cccc3c2)c1SC(C)(C)C. The number of thioether (sulfide) groups is 1. The van der Waals surface area contributed by atoms with Crippen LogP contribution in [0.1, 0.15) is 37.5 Å². The average Bonchev–Trinajstić information content (AvgIpc) is 2.57. The topological polar surface area (TPSA) is 36.7 Å². The molecule has 0 fully saturated rings. The van der Waals surface area contributed by atoms with Gasteiger partial charge in [-0.2, -0.15) is 0 Å². The fourth-order valence-corrected chi connectivity index (χ4v) is 4.09. The minimum Gasteiger partial charge on any atom is -0.300 e. The minimum absolute atomic E-state index is 0.0186. The van der Waals surface area contributed by atoms with Gasteiger partial charge in [0.15, 0.2) is 0 Å². The van der Waals surface area contributed by atoms with E-state index in [1.54, 1.807) is 30.1 Å². The van der Waals surface area contributed by atoms with Crippen LogP contribution in [0.15, 0.2) is 47.5 Å². The van der Waals surface area contributed by atoms with E-state index in [2.05, 4.69) is 25.8 Å². The van der Waals surface area contributed by atoms with Crippen molar-refractivity contribution in [3.63, 3.8) is 0 Å². The Hall–Kier alpha value is -1.91. The number of benzene rings is 2. The van der Waals surface area contributed by atoms with Crippen LogP contribution < -0.4 is 0 Å². The highest BCUT2D eigenvalue weighted by molar-refractivity contribution is 8.00. The Bertz CT molecular complexity index is 1010. The van der Waals surface area contributed by atoms with E-state index in [0.29, 0.717) is 27.2 Å². The average molecular weight is 387 g/mol. The van der Waals surface area contributed by atoms with E-state index in [1.165, 1.54) is 6.07 Å². The lowest BCUT2D eigenvalue weighted by Crippen LogP contribution is -2.11. The number of fused-ring (bicyclic) bond motifs is 1. The lowest BCUT2D eigenvalue weighted by Gasteiger charge is -2.22. The molecule has 1 N–H and O–H groups in total. The molecule has 134 valence electrons. The van der Waals surface area contributed by atoms with Gasteiger partial charge in [0.25, 0.3) is 0 Å². The molecule has 2 nitrogen and oxygen atoms in total. The molecule has 26 heavy (non-hydrogen) atoms. The molecule has 0 spiro atoms. The van der Waals surface area contributed by atoms with E-state index in [-0.39, 0.29) is 10.6 Å². The summed E-state index contributed by atoms with van der Waals surface area (Å²) >= 11 is 8.01. The molecule has 0 saturated heterocycles. The number of para-hydroxylation sites is 1. The Morgan fingerprint density at radius 3 is 2.62 bits per heavy atom. The third-order valence-electron chi connectivity index (χ3n) is 3.97. The lowest BCUT2D eigenvalue weighted by atomic mass is 10.0. The van der Waals surface area contributed by atoms with Crippen LogP contribution in [0, 0.1) is 18.2 Å². The number of halogens is 2. The van der Waals surface area contributed by atoms with Crippen LogP contribution in [-0.2, 0) is 0 Å². The maximum Gasteiger partial charge on any atom is 0.149 e. The molecule has 0 saturated carbocycles. The van der Waals surface area contributed by atoms with Crippen molar-refractivity contribution in [2.24, 2.45) is 0 Å². The van der Waals surface area contributed by atoms with E-state index >= 15 is 0 Å². The third-order valence-corrected chi connectivity index (χ3v) is 5.72. The first kappa shape index (κ1) is 18.9. The Kier molecular flexibility index (Phi) is 5.09. The Balaban J connectivity index is 2.12. The number of hydrogen-bond acceptors (Lipinski definition) is 3. The van der Waals surface area contributed by atoms with E-state index in [0.717, 1.165) is 16.0 Å². The van der Waals surface area contributed by atoms with Crippen molar-refractivity contribution >= 4 is 40.0 Å². The van der Waals surface area contributed by atoms with Gasteiger partial charge >= 0.3 is 0 Å². The summed E-state index contributed by atoms with van der Waals surface area (Å²) in [6.45, 7) is 8.37. The maximum absolute atomic E-state index is 13.9. The molecule has 0 aliphatic rings. The Morgan fingerprint density at radius 2 is 1.92 bits per heavy atom. The predicted molar refractivity (Wildman–Crippen MR) is 109 cm³/mol. The van der Waals surface area contributed by atoms with Gasteiger partial charge in [-0.1, -0.05) is 50.6 Å². The summed E-state index contributed by atoms with van der Waals surface area (Å²) in [5.41, 5.74) is 3.11. The molecule has 0 amide bonds. The van der Waals surface area contributed by atoms with Crippen molar-refractivity contribution in [3.05, 3.63) is 70.1 Å². The quantitative estimate of drug-likeness (QED) is 0.404. The lowest BCUT2D eigenvalue weighted by molar-refractivity contribution is 0.637. The van der Waals surface area contributed by atoms with Crippen LogP contribution >= 0.6 is 23.4 Å². The molecule has 2 aromatic carbocycles. The van der Waals surface area contributed by atoms with Gasteiger partial charge in [-0.05, 0) is 30.7 Å². The van der Waals surface area contributed by atoms with E-state index in [4.69, 9.17) is 17.0 Å². The van der Waals surface area contributed by atoms with Gasteiger partial charge in [-0.15, -0.1) is 11.8 Å². The molecule has 0 aliphatic carbocycles. The summed E-state index contributed by atoms with van der Waals surface area (Å²) in [7, 11) is 0. The van der Waals surface area contributed by atoms with Gasteiger partial charge in [0.2, 0.25) is 0 Å². The van der Waals surface area contributed by atoms with Gasteiger partial charge < -0.3 is 0 Å². The number of nitrogens with one attached hydrogen (secondary N) is 1. The first-order chi connectivity index (χ1) is 12.2. The van der Waals surface area contributed by atoms with Crippen LogP contribution in [0.2, 0.25) is 5.02 Å². The highest BCUT2D eigenvalue weighted by Gasteiger charge is 2.21. The molecule has 3 rings (SSSR count). The third kappa shape index (κ3) is 3.76. The second-order valence-electron chi connectivity index (χ2n) is 7.17. The van der Waals surface area contributed by atoms with Gasteiger partial charge in [-0.25, -0.2) is 4.39 Å². The highest BCUT2D eigenvalue weighted by atomic mass is 35.5. The van der Waals surface area contributed by atoms with Gasteiger partial charge in [-0.3, -0.25) is 10.4 Å². The first-order valence-corrected chi connectivity index (χ1v) is 9.48. The maximum atomic E-state index is 13.9. The molecular weight excluding hydrogens is 367 g/mol. The molecule has 5 heteroatoms. The van der Waals surface area contributed by atoms with Crippen molar-refractivity contribution < 1.29 is 4.39 Å². The first-order valence-electron chi connectivity index (χ1n) is 8.29. The molecule has 3 aromatic rings. The van der Waals surface area contributed by atoms with Crippen molar-refractivity contribution in [1.29, 1.82) is 5.41 Å². The van der Waals surface area contributed by atoms with Crippen LogP contribution in [0.3, 0.4) is 0 Å². The fourth-order valence-electron chi connectivity index (χ4n) is 2.72. The summed E-state index contributed by atoms with van der Waals surface area (Å²) in [5, 5.41) is 10.1. The summed E-state index contributed by atoms with van der Waals surface area (Å²) in [4.78, 5) is 5.22. The second kappa shape index (κ2) is 7.01. The van der Waals surface area contributed by atoms with Crippen molar-refractivity contribution in [2.75, 3.05) is 0 Å². The molecule has 0 atom stereocenters. The van der Waals surface area contributed by atoms with Gasteiger partial charge in [0.1, 0.15) is 11.3 Å². The zero-order valence-electron chi connectivity index (χ0n) is 15.2. The van der Waals surface area contributed by atoms with Crippen molar-refractivity contribution in [2.45, 2.75) is 37.3 Å². The van der Waals surface area contributed by atoms with E-state index in [1.807, 2.05) is 25.1 Å².